The summed E-state index contributed by atoms with van der Waals surface area (Å²) in [6, 6.07) is 6.01. The van der Waals surface area contributed by atoms with Crippen molar-refractivity contribution < 1.29 is 15.0 Å². The number of benzene rings is 1. The first-order valence-electron chi connectivity index (χ1n) is 5.58. The maximum absolute atomic E-state index is 11.2. The molecule has 0 spiro atoms. The molecule has 0 heterocycles. The Kier molecular flexibility index (Phi) is 5.77. The van der Waals surface area contributed by atoms with Crippen LogP contribution in [0.4, 0.5) is 0 Å². The van der Waals surface area contributed by atoms with Crippen LogP contribution >= 0.6 is 0 Å². The number of amides is 1. The molecule has 1 aromatic carbocycles. The highest BCUT2D eigenvalue weighted by Gasteiger charge is 2.18. The third-order valence-electron chi connectivity index (χ3n) is 2.60. The number of nitrogens with two attached hydrogens (primary N) is 1. The number of nitrogen functional groups attached to an aromatic ring is 1. The summed E-state index contributed by atoms with van der Waals surface area (Å²) in [5.74, 6) is 4.55. The molecular weight excluding hydrogens is 250 g/mol. The fourth-order valence-corrected chi connectivity index (χ4v) is 1.53. The Balaban J connectivity index is 2.68. The lowest BCUT2D eigenvalue weighted by Crippen LogP contribution is -2.30. The number of azide groups is 1. The van der Waals surface area contributed by atoms with Crippen LogP contribution in [-0.2, 0) is 0 Å². The number of nitrogens with zero attached hydrogens (tertiary/aromatic N) is 3. The molecule has 2 unspecified atom stereocenters. The van der Waals surface area contributed by atoms with Gasteiger partial charge in [-0.05, 0) is 29.6 Å². The molecule has 0 saturated heterocycles. The molecule has 8 nitrogen and oxygen atoms in total. The van der Waals surface area contributed by atoms with Gasteiger partial charge in [0.05, 0.1) is 6.10 Å². The zero-order valence-electron chi connectivity index (χ0n) is 10.1. The Labute approximate surface area is 109 Å². The summed E-state index contributed by atoms with van der Waals surface area (Å²) in [5.41, 5.74) is 10.9. The predicted molar refractivity (Wildman–Crippen MR) is 67.7 cm³/mol. The minimum absolute atomic E-state index is 0.0996. The normalized spacial score (nSPS) is 13.2. The van der Waals surface area contributed by atoms with Crippen molar-refractivity contribution in [2.45, 2.75) is 18.6 Å². The molecule has 0 aliphatic carbocycles. The number of hydrogen-bond acceptors (Lipinski definition) is 5. The van der Waals surface area contributed by atoms with E-state index in [1.807, 2.05) is 5.43 Å². The minimum atomic E-state index is -1.11. The Morgan fingerprint density at radius 1 is 1.42 bits per heavy atom. The minimum Gasteiger partial charge on any atom is -0.390 e. The van der Waals surface area contributed by atoms with Crippen molar-refractivity contribution in [3.05, 3.63) is 45.8 Å². The van der Waals surface area contributed by atoms with Crippen molar-refractivity contribution in [3.63, 3.8) is 0 Å². The van der Waals surface area contributed by atoms with Gasteiger partial charge in [-0.1, -0.05) is 17.2 Å². The van der Waals surface area contributed by atoms with Gasteiger partial charge in [-0.3, -0.25) is 10.2 Å². The fraction of sp³-hybridized carbons (Fsp3) is 0.364. The van der Waals surface area contributed by atoms with E-state index in [1.165, 1.54) is 24.3 Å². The molecule has 0 aromatic heterocycles. The number of carbonyl (C=O) groups excluding carboxylic acids is 1. The summed E-state index contributed by atoms with van der Waals surface area (Å²) in [7, 11) is 0. The smallest absolute Gasteiger partial charge is 0.265 e. The van der Waals surface area contributed by atoms with Crippen LogP contribution in [0.2, 0.25) is 0 Å². The first kappa shape index (κ1) is 14.9. The number of nitrogens with one attached hydrogen (secondary N) is 1. The van der Waals surface area contributed by atoms with E-state index in [9.17, 15) is 15.0 Å². The van der Waals surface area contributed by atoms with Crippen molar-refractivity contribution in [2.75, 3.05) is 6.54 Å². The van der Waals surface area contributed by atoms with Gasteiger partial charge in [-0.2, -0.15) is 0 Å². The molecule has 0 radical (unpaired) electrons. The monoisotopic (exact) mass is 265 g/mol. The molecule has 1 amide bonds. The van der Waals surface area contributed by atoms with E-state index in [0.717, 1.165) is 0 Å². The molecular formula is C11H15N5O3. The van der Waals surface area contributed by atoms with Gasteiger partial charge in [0.15, 0.2) is 0 Å². The highest BCUT2D eigenvalue weighted by molar-refractivity contribution is 5.93. The van der Waals surface area contributed by atoms with Gasteiger partial charge in [0.1, 0.15) is 6.10 Å². The molecule has 0 saturated carbocycles. The number of aliphatic hydroxyl groups is 2. The summed E-state index contributed by atoms with van der Waals surface area (Å²) in [4.78, 5) is 13.8. The molecule has 0 bridgehead atoms. The number of carbonyl (C=O) groups is 1. The van der Waals surface area contributed by atoms with Crippen molar-refractivity contribution in [1.82, 2.24) is 5.43 Å². The van der Waals surface area contributed by atoms with Gasteiger partial charge < -0.3 is 10.2 Å². The molecule has 5 N–H and O–H groups in total. The third-order valence-corrected chi connectivity index (χ3v) is 2.60. The first-order valence-corrected chi connectivity index (χ1v) is 5.58. The van der Waals surface area contributed by atoms with E-state index in [-0.39, 0.29) is 13.0 Å². The zero-order chi connectivity index (χ0) is 14.3. The fourth-order valence-electron chi connectivity index (χ4n) is 1.53. The summed E-state index contributed by atoms with van der Waals surface area (Å²) in [6.45, 7) is 0.0996. The Morgan fingerprint density at radius 2 is 2.05 bits per heavy atom. The Hall–Kier alpha value is -2.12. The van der Waals surface area contributed by atoms with Crippen LogP contribution in [-0.4, -0.2) is 28.8 Å². The zero-order valence-corrected chi connectivity index (χ0v) is 10.1. The van der Waals surface area contributed by atoms with Gasteiger partial charge in [-0.15, -0.1) is 0 Å². The lowest BCUT2D eigenvalue weighted by atomic mass is 10.0. The largest absolute Gasteiger partial charge is 0.390 e. The molecule has 8 heteroatoms. The maximum atomic E-state index is 11.2. The third kappa shape index (κ3) is 4.23. The number of hydrogen-bond donors (Lipinski definition) is 4. The van der Waals surface area contributed by atoms with Crippen molar-refractivity contribution in [3.8, 4) is 0 Å². The second-order valence-corrected chi connectivity index (χ2v) is 3.85. The molecule has 0 aliphatic rings. The summed E-state index contributed by atoms with van der Waals surface area (Å²) < 4.78 is 0. The van der Waals surface area contributed by atoms with E-state index < -0.39 is 18.1 Å². The Bertz CT molecular complexity index is 470. The average Bonchev–Trinajstić information content (AvgIpc) is 2.46. The molecule has 19 heavy (non-hydrogen) atoms. The molecule has 0 aliphatic heterocycles. The number of hydrazine groups is 1. The second kappa shape index (κ2) is 7.34. The van der Waals surface area contributed by atoms with E-state index in [1.54, 1.807) is 0 Å². The van der Waals surface area contributed by atoms with Gasteiger partial charge in [0.25, 0.3) is 5.91 Å². The van der Waals surface area contributed by atoms with Crippen LogP contribution in [0.1, 0.15) is 28.4 Å². The maximum Gasteiger partial charge on any atom is 0.265 e. The van der Waals surface area contributed by atoms with E-state index in [0.29, 0.717) is 11.1 Å². The predicted octanol–water partition coefficient (Wildman–Crippen LogP) is 0.385. The van der Waals surface area contributed by atoms with Crippen molar-refractivity contribution in [1.29, 1.82) is 0 Å². The summed E-state index contributed by atoms with van der Waals surface area (Å²) in [6.07, 6.45) is -2.00. The van der Waals surface area contributed by atoms with Gasteiger partial charge in [0, 0.05) is 17.0 Å². The molecule has 2 atom stereocenters. The lowest BCUT2D eigenvalue weighted by Gasteiger charge is -2.17. The molecule has 0 fully saturated rings. The second-order valence-electron chi connectivity index (χ2n) is 3.85. The van der Waals surface area contributed by atoms with E-state index in [4.69, 9.17) is 11.4 Å². The summed E-state index contributed by atoms with van der Waals surface area (Å²) in [5, 5.41) is 22.8. The number of rotatable bonds is 6. The average molecular weight is 265 g/mol. The van der Waals surface area contributed by atoms with Crippen LogP contribution in [0.15, 0.2) is 29.4 Å². The summed E-state index contributed by atoms with van der Waals surface area (Å²) >= 11 is 0. The quantitative estimate of drug-likeness (QED) is 0.147. The highest BCUT2D eigenvalue weighted by atomic mass is 16.3. The van der Waals surface area contributed by atoms with Crippen LogP contribution in [0, 0.1) is 0 Å². The van der Waals surface area contributed by atoms with Crippen molar-refractivity contribution in [2.24, 2.45) is 11.0 Å². The van der Waals surface area contributed by atoms with Gasteiger partial charge >= 0.3 is 0 Å². The van der Waals surface area contributed by atoms with Crippen LogP contribution in [0.25, 0.3) is 10.4 Å². The van der Waals surface area contributed by atoms with Crippen LogP contribution < -0.4 is 11.3 Å². The van der Waals surface area contributed by atoms with Crippen LogP contribution in [0.5, 0.6) is 0 Å². The Morgan fingerprint density at radius 3 is 2.58 bits per heavy atom. The lowest BCUT2D eigenvalue weighted by molar-refractivity contribution is 0.0150. The molecule has 102 valence electrons. The highest BCUT2D eigenvalue weighted by Crippen LogP contribution is 2.19. The first-order chi connectivity index (χ1) is 9.10. The standard InChI is InChI=1S/C11H15N5O3/c12-15-11(19)8-3-1-7(2-4-8)10(18)9(17)5-6-14-16-13/h1-4,9-10,17-18H,5-6,12H2,(H,15,19). The van der Waals surface area contributed by atoms with Crippen molar-refractivity contribution >= 4 is 5.91 Å². The molecule has 1 rings (SSSR count). The topological polar surface area (TPSA) is 144 Å². The van der Waals surface area contributed by atoms with Gasteiger partial charge in [-0.25, -0.2) is 5.84 Å². The van der Waals surface area contributed by atoms with Crippen LogP contribution in [0.3, 0.4) is 0 Å². The number of aliphatic hydroxyl groups excluding tert-OH is 2. The molecule has 1 aromatic rings. The van der Waals surface area contributed by atoms with Gasteiger partial charge in [0.2, 0.25) is 0 Å². The van der Waals surface area contributed by atoms with E-state index in [2.05, 4.69) is 10.0 Å². The van der Waals surface area contributed by atoms with E-state index >= 15 is 0 Å². The SMILES string of the molecule is [N-]=[N+]=NCCC(O)C(O)c1ccc(C(=O)NN)cc1.